The third kappa shape index (κ3) is 2.92. The van der Waals surface area contributed by atoms with E-state index >= 15 is 0 Å². The molecule has 4 aromatic rings. The van der Waals surface area contributed by atoms with E-state index in [1.807, 2.05) is 24.4 Å². The number of nitriles is 1. The summed E-state index contributed by atoms with van der Waals surface area (Å²) < 4.78 is 0. The first-order valence-electron chi connectivity index (χ1n) is 9.97. The molecule has 5 rings (SSSR count). The van der Waals surface area contributed by atoms with E-state index in [2.05, 4.69) is 68.8 Å². The van der Waals surface area contributed by atoms with Crippen LogP contribution in [0.4, 0.5) is 5.69 Å². The lowest BCUT2D eigenvalue weighted by atomic mass is 9.87. The fraction of sp³-hybridized carbons (Fsp3) is 0.167. The Balaban J connectivity index is 1.69. The predicted octanol–water partition coefficient (Wildman–Crippen LogP) is 5.12. The number of aromatic amines is 1. The van der Waals surface area contributed by atoms with Crippen molar-refractivity contribution in [2.75, 3.05) is 5.32 Å². The summed E-state index contributed by atoms with van der Waals surface area (Å²) in [5.41, 5.74) is 4.66. The number of pyridine rings is 2. The fourth-order valence-electron chi connectivity index (χ4n) is 3.99. The Hall–Kier alpha value is -3.98. The van der Waals surface area contributed by atoms with Crippen molar-refractivity contribution in [3.8, 4) is 17.3 Å². The Bertz CT molecular complexity index is 1360. The average molecular weight is 392 g/mol. The molecule has 0 radical (unpaired) electrons. The topological polar surface area (TPSA) is 90.3 Å². The Kier molecular flexibility index (Phi) is 4.29. The maximum absolute atomic E-state index is 9.77. The predicted molar refractivity (Wildman–Crippen MR) is 119 cm³/mol. The van der Waals surface area contributed by atoms with Gasteiger partial charge in [-0.1, -0.05) is 37.3 Å². The second-order valence-corrected chi connectivity index (χ2v) is 7.51. The number of nitrogens with zero attached hydrogens (tertiary/aromatic N) is 4. The van der Waals surface area contributed by atoms with Crippen molar-refractivity contribution >= 4 is 27.5 Å². The highest BCUT2D eigenvalue weighted by molar-refractivity contribution is 6.00. The molecule has 1 unspecified atom stereocenters. The van der Waals surface area contributed by atoms with Crippen LogP contribution in [0.15, 0.2) is 67.2 Å². The minimum atomic E-state index is -0.229. The number of allylic oxidation sites excluding steroid dienone is 2. The first-order valence-corrected chi connectivity index (χ1v) is 9.97. The van der Waals surface area contributed by atoms with Crippen LogP contribution in [-0.2, 0) is 0 Å². The van der Waals surface area contributed by atoms with Gasteiger partial charge in [0.1, 0.15) is 11.8 Å². The second kappa shape index (κ2) is 7.12. The highest BCUT2D eigenvalue weighted by atomic mass is 15.1. The summed E-state index contributed by atoms with van der Waals surface area (Å²) in [6.07, 6.45) is 15.4. The van der Waals surface area contributed by atoms with E-state index in [0.717, 1.165) is 51.6 Å². The molecule has 3 heterocycles. The van der Waals surface area contributed by atoms with Crippen LogP contribution in [0.2, 0.25) is 0 Å². The highest BCUT2D eigenvalue weighted by Gasteiger charge is 2.27. The number of rotatable bonds is 4. The summed E-state index contributed by atoms with van der Waals surface area (Å²) in [5.74, 6) is 0. The van der Waals surface area contributed by atoms with Gasteiger partial charge in [-0.15, -0.1) is 0 Å². The standard InChI is InChI=1S/C24H20N6/c1-2-24(9-4-3-5-10-24)28-22-17(13-25)14-27-20-7-6-16(12-18(20)22)23-19-15-26-11-8-21(19)29-30-23/h3-9,11-12,14-15H,2,10H2,1H3,(H,27,28)(H,29,30). The van der Waals surface area contributed by atoms with Crippen LogP contribution in [0.1, 0.15) is 25.3 Å². The molecular weight excluding hydrogens is 372 g/mol. The van der Waals surface area contributed by atoms with Gasteiger partial charge in [0.05, 0.1) is 27.8 Å². The molecule has 3 aromatic heterocycles. The lowest BCUT2D eigenvalue weighted by Crippen LogP contribution is -2.36. The van der Waals surface area contributed by atoms with Crippen LogP contribution in [-0.4, -0.2) is 25.7 Å². The Labute approximate surface area is 174 Å². The van der Waals surface area contributed by atoms with Crippen molar-refractivity contribution in [3.63, 3.8) is 0 Å². The minimum Gasteiger partial charge on any atom is -0.374 e. The van der Waals surface area contributed by atoms with Gasteiger partial charge >= 0.3 is 0 Å². The number of aromatic nitrogens is 4. The molecule has 30 heavy (non-hydrogen) atoms. The molecule has 1 aromatic carbocycles. The van der Waals surface area contributed by atoms with Gasteiger partial charge in [0.15, 0.2) is 0 Å². The van der Waals surface area contributed by atoms with E-state index < -0.39 is 0 Å². The van der Waals surface area contributed by atoms with E-state index in [-0.39, 0.29) is 5.54 Å². The molecule has 1 aliphatic carbocycles. The third-order valence-corrected chi connectivity index (χ3v) is 5.78. The molecule has 0 amide bonds. The van der Waals surface area contributed by atoms with Crippen LogP contribution >= 0.6 is 0 Å². The maximum atomic E-state index is 9.77. The first kappa shape index (κ1) is 18.1. The van der Waals surface area contributed by atoms with Gasteiger partial charge < -0.3 is 5.32 Å². The number of fused-ring (bicyclic) bond motifs is 2. The minimum absolute atomic E-state index is 0.229. The smallest absolute Gasteiger partial charge is 0.103 e. The van der Waals surface area contributed by atoms with Crippen molar-refractivity contribution < 1.29 is 0 Å². The Morgan fingerprint density at radius 2 is 2.13 bits per heavy atom. The normalized spacial score (nSPS) is 18.0. The van der Waals surface area contributed by atoms with Crippen molar-refractivity contribution in [2.24, 2.45) is 0 Å². The summed E-state index contributed by atoms with van der Waals surface area (Å²) in [6, 6.07) is 10.2. The summed E-state index contributed by atoms with van der Waals surface area (Å²) in [4.78, 5) is 8.74. The van der Waals surface area contributed by atoms with Crippen molar-refractivity contribution in [1.82, 2.24) is 20.2 Å². The zero-order chi connectivity index (χ0) is 20.6. The molecule has 6 nitrogen and oxygen atoms in total. The second-order valence-electron chi connectivity index (χ2n) is 7.51. The molecule has 0 aliphatic heterocycles. The van der Waals surface area contributed by atoms with Gasteiger partial charge in [-0.25, -0.2) is 0 Å². The molecule has 0 spiro atoms. The lowest BCUT2D eigenvalue weighted by molar-refractivity contribution is 0.558. The summed E-state index contributed by atoms with van der Waals surface area (Å²) in [7, 11) is 0. The fourth-order valence-corrected chi connectivity index (χ4v) is 3.99. The molecular formula is C24H20N6. The number of nitrogens with one attached hydrogen (secondary N) is 2. The Morgan fingerprint density at radius 3 is 2.93 bits per heavy atom. The zero-order valence-electron chi connectivity index (χ0n) is 16.6. The quantitative estimate of drug-likeness (QED) is 0.503. The molecule has 146 valence electrons. The Morgan fingerprint density at radius 1 is 1.20 bits per heavy atom. The first-order chi connectivity index (χ1) is 14.7. The molecule has 0 bridgehead atoms. The molecule has 1 aliphatic rings. The van der Waals surface area contributed by atoms with Crippen LogP contribution in [0.3, 0.4) is 0 Å². The van der Waals surface area contributed by atoms with E-state index in [4.69, 9.17) is 0 Å². The van der Waals surface area contributed by atoms with Gasteiger partial charge in [-0.05, 0) is 31.0 Å². The zero-order valence-corrected chi connectivity index (χ0v) is 16.6. The van der Waals surface area contributed by atoms with Crippen LogP contribution in [0, 0.1) is 11.3 Å². The molecule has 0 saturated heterocycles. The summed E-state index contributed by atoms with van der Waals surface area (Å²) in [6.45, 7) is 2.15. The highest BCUT2D eigenvalue weighted by Crippen LogP contribution is 2.35. The molecule has 2 N–H and O–H groups in total. The summed E-state index contributed by atoms with van der Waals surface area (Å²) in [5, 5.41) is 22.9. The van der Waals surface area contributed by atoms with Gasteiger partial charge in [0.2, 0.25) is 0 Å². The van der Waals surface area contributed by atoms with Crippen LogP contribution < -0.4 is 5.32 Å². The monoisotopic (exact) mass is 392 g/mol. The van der Waals surface area contributed by atoms with Gasteiger partial charge in [-0.2, -0.15) is 10.4 Å². The molecule has 6 heteroatoms. The lowest BCUT2D eigenvalue weighted by Gasteiger charge is -2.33. The summed E-state index contributed by atoms with van der Waals surface area (Å²) >= 11 is 0. The molecule has 0 saturated carbocycles. The van der Waals surface area contributed by atoms with Gasteiger partial charge in [0, 0.05) is 34.9 Å². The van der Waals surface area contributed by atoms with Crippen LogP contribution in [0.25, 0.3) is 33.1 Å². The number of benzene rings is 1. The van der Waals surface area contributed by atoms with Crippen molar-refractivity contribution in [3.05, 3.63) is 72.7 Å². The number of hydrogen-bond donors (Lipinski definition) is 2. The van der Waals surface area contributed by atoms with E-state index in [1.165, 1.54) is 0 Å². The van der Waals surface area contributed by atoms with E-state index in [0.29, 0.717) is 5.56 Å². The SMILES string of the molecule is CCC1(Nc2c(C#N)cnc3ccc(-c4n[nH]c5ccncc45)cc23)C=CC=CC1. The van der Waals surface area contributed by atoms with Crippen LogP contribution in [0.5, 0.6) is 0 Å². The number of H-pyrrole nitrogens is 1. The van der Waals surface area contributed by atoms with Crippen molar-refractivity contribution in [1.29, 1.82) is 5.26 Å². The van der Waals surface area contributed by atoms with Gasteiger partial charge in [-0.3, -0.25) is 15.1 Å². The number of hydrogen-bond acceptors (Lipinski definition) is 5. The van der Waals surface area contributed by atoms with E-state index in [1.54, 1.807) is 12.4 Å². The largest absolute Gasteiger partial charge is 0.374 e. The molecule has 0 fully saturated rings. The maximum Gasteiger partial charge on any atom is 0.103 e. The average Bonchev–Trinajstić information content (AvgIpc) is 3.24. The molecule has 1 atom stereocenters. The van der Waals surface area contributed by atoms with Gasteiger partial charge in [0.25, 0.3) is 0 Å². The van der Waals surface area contributed by atoms with E-state index in [9.17, 15) is 5.26 Å². The van der Waals surface area contributed by atoms with Crippen molar-refractivity contribution in [2.45, 2.75) is 25.3 Å². The third-order valence-electron chi connectivity index (χ3n) is 5.78. The number of anilines is 1.